The van der Waals surface area contributed by atoms with Crippen molar-refractivity contribution in [3.63, 3.8) is 0 Å². The maximum Gasteiger partial charge on any atom is 0.279 e. The van der Waals surface area contributed by atoms with Gasteiger partial charge in [-0.3, -0.25) is 4.79 Å². The van der Waals surface area contributed by atoms with Gasteiger partial charge in [-0.2, -0.15) is 14.1 Å². The number of hydrogen-bond donors (Lipinski definition) is 0. The molecule has 1 aliphatic heterocycles. The molecular formula is C21H19F2N3O3S. The summed E-state index contributed by atoms with van der Waals surface area (Å²) in [5.41, 5.74) is 0.568. The quantitative estimate of drug-likeness (QED) is 0.637. The van der Waals surface area contributed by atoms with Crippen LogP contribution in [0, 0.1) is 11.6 Å². The third kappa shape index (κ3) is 3.54. The first-order chi connectivity index (χ1) is 14.3. The fourth-order valence-corrected chi connectivity index (χ4v) is 4.58. The van der Waals surface area contributed by atoms with E-state index in [1.807, 2.05) is 0 Å². The number of fused-ring (bicyclic) bond motifs is 1. The van der Waals surface area contributed by atoms with Crippen LogP contribution in [0.15, 0.2) is 53.3 Å². The Morgan fingerprint density at radius 2 is 1.83 bits per heavy atom. The van der Waals surface area contributed by atoms with E-state index in [-0.39, 0.29) is 18.0 Å². The second kappa shape index (κ2) is 7.73. The lowest BCUT2D eigenvalue weighted by atomic mass is 10.0. The molecule has 0 atom stereocenters. The van der Waals surface area contributed by atoms with E-state index in [1.54, 1.807) is 37.3 Å². The molecule has 156 valence electrons. The highest BCUT2D eigenvalue weighted by molar-refractivity contribution is 7.89. The Morgan fingerprint density at radius 3 is 2.47 bits per heavy atom. The van der Waals surface area contributed by atoms with Crippen molar-refractivity contribution in [3.8, 4) is 5.69 Å². The highest BCUT2D eigenvalue weighted by atomic mass is 32.2. The molecule has 0 saturated heterocycles. The maximum atomic E-state index is 14.4. The zero-order valence-corrected chi connectivity index (χ0v) is 17.0. The minimum absolute atomic E-state index is 0.0199. The summed E-state index contributed by atoms with van der Waals surface area (Å²) in [5.74, 6) is -1.63. The van der Waals surface area contributed by atoms with Gasteiger partial charge in [0, 0.05) is 24.5 Å². The Kier molecular flexibility index (Phi) is 5.25. The van der Waals surface area contributed by atoms with Crippen molar-refractivity contribution in [2.45, 2.75) is 13.3 Å². The summed E-state index contributed by atoms with van der Waals surface area (Å²) in [6.07, 6.45) is 2.17. The first-order valence-electron chi connectivity index (χ1n) is 9.46. The van der Waals surface area contributed by atoms with Gasteiger partial charge in [0.2, 0.25) is 10.0 Å². The molecule has 4 rings (SSSR count). The highest BCUT2D eigenvalue weighted by Crippen LogP contribution is 2.28. The molecule has 1 aromatic heterocycles. The van der Waals surface area contributed by atoms with Gasteiger partial charge in [-0.1, -0.05) is 24.3 Å². The topological polar surface area (TPSA) is 72.3 Å². The molecule has 0 spiro atoms. The molecule has 3 aromatic rings. The van der Waals surface area contributed by atoms with E-state index >= 15 is 0 Å². The minimum atomic E-state index is -3.31. The van der Waals surface area contributed by atoms with Gasteiger partial charge in [0.15, 0.2) is 5.82 Å². The molecule has 0 unspecified atom stereocenters. The van der Waals surface area contributed by atoms with Crippen molar-refractivity contribution in [2.24, 2.45) is 0 Å². The molecule has 9 heteroatoms. The van der Waals surface area contributed by atoms with Crippen LogP contribution < -0.4 is 5.56 Å². The standard InChI is InChI=1S/C21H19F2N3O3S/c1-2-30(28,29)25-11-9-14(10-12-25)20-16-5-3-4-6-17(16)21(27)26(24-20)19-8-7-15(22)13-18(19)23/h3-9,13H,2,10-12H2,1H3. The van der Waals surface area contributed by atoms with E-state index in [2.05, 4.69) is 5.10 Å². The van der Waals surface area contributed by atoms with E-state index in [1.165, 1.54) is 10.4 Å². The summed E-state index contributed by atoms with van der Waals surface area (Å²) < 4.78 is 54.3. The predicted molar refractivity (Wildman–Crippen MR) is 111 cm³/mol. The normalized spacial score (nSPS) is 15.4. The largest absolute Gasteiger partial charge is 0.279 e. The lowest BCUT2D eigenvalue weighted by Gasteiger charge is -2.25. The van der Waals surface area contributed by atoms with Crippen LogP contribution in [0.4, 0.5) is 8.78 Å². The van der Waals surface area contributed by atoms with E-state index in [0.29, 0.717) is 35.5 Å². The summed E-state index contributed by atoms with van der Waals surface area (Å²) >= 11 is 0. The highest BCUT2D eigenvalue weighted by Gasteiger charge is 2.25. The maximum absolute atomic E-state index is 14.4. The van der Waals surface area contributed by atoms with Gasteiger partial charge in [0.1, 0.15) is 11.5 Å². The van der Waals surface area contributed by atoms with Crippen LogP contribution in [0.25, 0.3) is 22.0 Å². The minimum Gasteiger partial charge on any atom is -0.267 e. The Balaban J connectivity index is 1.89. The van der Waals surface area contributed by atoms with Crippen molar-refractivity contribution in [2.75, 3.05) is 18.8 Å². The van der Waals surface area contributed by atoms with Gasteiger partial charge in [-0.25, -0.2) is 17.2 Å². The molecule has 0 bridgehead atoms. The van der Waals surface area contributed by atoms with E-state index in [4.69, 9.17) is 0 Å². The lowest BCUT2D eigenvalue weighted by Crippen LogP contribution is -2.36. The molecule has 0 saturated carbocycles. The van der Waals surface area contributed by atoms with Crippen LogP contribution in [-0.4, -0.2) is 41.3 Å². The third-order valence-electron chi connectivity index (χ3n) is 5.18. The predicted octanol–water partition coefficient (Wildman–Crippen LogP) is 3.10. The van der Waals surface area contributed by atoms with Crippen molar-refractivity contribution >= 4 is 26.4 Å². The van der Waals surface area contributed by atoms with Crippen LogP contribution in [-0.2, 0) is 10.0 Å². The number of benzene rings is 2. The van der Waals surface area contributed by atoms with Crippen LogP contribution >= 0.6 is 0 Å². The molecule has 6 nitrogen and oxygen atoms in total. The number of hydrogen-bond acceptors (Lipinski definition) is 4. The van der Waals surface area contributed by atoms with Crippen molar-refractivity contribution < 1.29 is 17.2 Å². The Morgan fingerprint density at radius 1 is 1.10 bits per heavy atom. The van der Waals surface area contributed by atoms with E-state index in [9.17, 15) is 22.0 Å². The third-order valence-corrected chi connectivity index (χ3v) is 7.03. The fraction of sp³-hybridized carbons (Fsp3) is 0.238. The molecule has 2 heterocycles. The first kappa shape index (κ1) is 20.4. The number of aromatic nitrogens is 2. The van der Waals surface area contributed by atoms with Crippen LogP contribution in [0.5, 0.6) is 0 Å². The number of sulfonamides is 1. The van der Waals surface area contributed by atoms with Crippen LogP contribution in [0.3, 0.4) is 0 Å². The van der Waals surface area contributed by atoms with Crippen molar-refractivity contribution in [1.82, 2.24) is 14.1 Å². The van der Waals surface area contributed by atoms with Crippen molar-refractivity contribution in [3.05, 3.63) is 76.2 Å². The summed E-state index contributed by atoms with van der Waals surface area (Å²) in [6.45, 7) is 2.09. The first-order valence-corrected chi connectivity index (χ1v) is 11.1. The summed E-state index contributed by atoms with van der Waals surface area (Å²) in [6, 6.07) is 9.78. The molecule has 0 radical (unpaired) electrons. The average Bonchev–Trinajstić information content (AvgIpc) is 2.75. The molecule has 0 N–H and O–H groups in total. The van der Waals surface area contributed by atoms with Gasteiger partial charge in [-0.15, -0.1) is 0 Å². The Hall–Kier alpha value is -2.91. The second-order valence-electron chi connectivity index (χ2n) is 6.94. The molecule has 2 aromatic carbocycles. The van der Waals surface area contributed by atoms with Gasteiger partial charge < -0.3 is 0 Å². The summed E-state index contributed by atoms with van der Waals surface area (Å²) in [7, 11) is -3.31. The molecule has 30 heavy (non-hydrogen) atoms. The van der Waals surface area contributed by atoms with Crippen LogP contribution in [0.1, 0.15) is 19.0 Å². The zero-order chi connectivity index (χ0) is 21.5. The van der Waals surface area contributed by atoms with Crippen molar-refractivity contribution in [1.29, 1.82) is 0 Å². The lowest BCUT2D eigenvalue weighted by molar-refractivity contribution is 0.442. The van der Waals surface area contributed by atoms with Gasteiger partial charge in [0.25, 0.3) is 5.56 Å². The molecular weight excluding hydrogens is 412 g/mol. The van der Waals surface area contributed by atoms with Gasteiger partial charge in [0.05, 0.1) is 16.8 Å². The number of rotatable bonds is 4. The van der Waals surface area contributed by atoms with Gasteiger partial charge in [-0.05, 0) is 37.1 Å². The average molecular weight is 431 g/mol. The summed E-state index contributed by atoms with van der Waals surface area (Å²) in [5, 5.41) is 5.34. The molecule has 0 amide bonds. The molecule has 0 fully saturated rings. The zero-order valence-electron chi connectivity index (χ0n) is 16.2. The molecule has 1 aliphatic rings. The SMILES string of the molecule is CCS(=O)(=O)N1CC=C(c2nn(-c3ccc(F)cc3F)c(=O)c3ccccc23)CC1. The van der Waals surface area contributed by atoms with Crippen LogP contribution in [0.2, 0.25) is 0 Å². The summed E-state index contributed by atoms with van der Waals surface area (Å²) in [4.78, 5) is 13.0. The molecule has 0 aliphatic carbocycles. The van der Waals surface area contributed by atoms with E-state index in [0.717, 1.165) is 16.3 Å². The Bertz CT molecular complexity index is 1330. The Labute approximate surface area is 172 Å². The van der Waals surface area contributed by atoms with E-state index < -0.39 is 27.2 Å². The number of nitrogens with zero attached hydrogens (tertiary/aromatic N) is 3. The fourth-order valence-electron chi connectivity index (χ4n) is 3.54. The van der Waals surface area contributed by atoms with Gasteiger partial charge >= 0.3 is 0 Å². The number of halogens is 2. The monoisotopic (exact) mass is 431 g/mol. The smallest absolute Gasteiger partial charge is 0.267 e. The second-order valence-corrected chi connectivity index (χ2v) is 9.20.